The Labute approximate surface area is 239 Å². The number of thiophene rings is 1. The molecule has 3 heterocycles. The monoisotopic (exact) mass is 588 g/mol. The van der Waals surface area contributed by atoms with Crippen LogP contribution in [-0.2, 0) is 25.7 Å². The molecule has 3 fully saturated rings. The smallest absolute Gasteiger partial charge is 0.253 e. The van der Waals surface area contributed by atoms with E-state index in [0.717, 1.165) is 15.4 Å². The van der Waals surface area contributed by atoms with Crippen molar-refractivity contribution < 1.29 is 29.0 Å². The predicted molar refractivity (Wildman–Crippen MR) is 144 cm³/mol. The fraction of sp³-hybridized carbons (Fsp3) is 0.429. The second kappa shape index (κ2) is 9.44. The summed E-state index contributed by atoms with van der Waals surface area (Å²) in [5, 5.41) is 11.0. The van der Waals surface area contributed by atoms with Crippen LogP contribution in [0.5, 0.6) is 5.75 Å². The molecule has 1 aromatic carbocycles. The number of fused-ring (bicyclic) bond motifs is 4. The standard InChI is InChI=1S/C28H26Cl2N2O6S/c1-31-25(36)27(29)13-20-18(8-9-19-21(20)24(35)32(23(19)34)14-17-3-2-12-39-17)22(28(27,30)26(31)37)15-4-6-16(7-5-15)38-11-10-33/h2-8,12,19-22,33H,9-11,13-14H2,1H3/t19-,20+,21-,22-,27+,28-/m0/s1. The molecule has 39 heavy (non-hydrogen) atoms. The molecule has 0 radical (unpaired) electrons. The SMILES string of the molecule is CN1C(=O)[C@]2(Cl)C[C@@H]3C(=CC[C@@H]4C(=O)N(Cc5cccs5)C(=O)[C@@H]43)[C@H](c3ccc(OCCO)cc3)[C@]2(Cl)C1=O. The Morgan fingerprint density at radius 1 is 1.05 bits per heavy atom. The molecule has 4 amide bonds. The van der Waals surface area contributed by atoms with Crippen molar-refractivity contribution in [3.05, 3.63) is 63.9 Å². The van der Waals surface area contributed by atoms with Gasteiger partial charge in [0.05, 0.1) is 25.0 Å². The zero-order valence-electron chi connectivity index (χ0n) is 21.0. The van der Waals surface area contributed by atoms with Crippen molar-refractivity contribution in [1.82, 2.24) is 9.80 Å². The van der Waals surface area contributed by atoms with Crippen molar-refractivity contribution in [2.75, 3.05) is 20.3 Å². The molecule has 8 nitrogen and oxygen atoms in total. The van der Waals surface area contributed by atoms with E-state index in [2.05, 4.69) is 0 Å². The Morgan fingerprint density at radius 2 is 1.79 bits per heavy atom. The third-order valence-electron chi connectivity index (χ3n) is 8.57. The van der Waals surface area contributed by atoms with E-state index in [1.807, 2.05) is 23.6 Å². The number of rotatable bonds is 6. The van der Waals surface area contributed by atoms with Gasteiger partial charge in [0, 0.05) is 17.8 Å². The van der Waals surface area contributed by atoms with Gasteiger partial charge in [-0.05, 0) is 47.9 Å². The molecule has 4 aliphatic rings. The number of aliphatic hydroxyl groups excluding tert-OH is 1. The lowest BCUT2D eigenvalue weighted by molar-refractivity contribution is -0.141. The normalized spacial score (nSPS) is 33.7. The zero-order valence-corrected chi connectivity index (χ0v) is 23.3. The van der Waals surface area contributed by atoms with Crippen LogP contribution in [0.4, 0.5) is 0 Å². The average Bonchev–Trinajstić information content (AvgIpc) is 3.57. The fourth-order valence-corrected chi connectivity index (χ4v) is 8.53. The largest absolute Gasteiger partial charge is 0.491 e. The van der Waals surface area contributed by atoms with Crippen molar-refractivity contribution in [1.29, 1.82) is 0 Å². The molecule has 1 N–H and O–H groups in total. The number of imide groups is 2. The van der Waals surface area contributed by atoms with Gasteiger partial charge in [-0.15, -0.1) is 34.5 Å². The highest BCUT2D eigenvalue weighted by Crippen LogP contribution is 2.65. The highest BCUT2D eigenvalue weighted by atomic mass is 35.5. The summed E-state index contributed by atoms with van der Waals surface area (Å²) in [5.41, 5.74) is 1.39. The topological polar surface area (TPSA) is 104 Å². The van der Waals surface area contributed by atoms with Crippen molar-refractivity contribution >= 4 is 58.2 Å². The highest BCUT2D eigenvalue weighted by Gasteiger charge is 2.75. The van der Waals surface area contributed by atoms with Gasteiger partial charge in [0.25, 0.3) is 11.8 Å². The molecular formula is C28H26Cl2N2O6S. The number of likely N-dealkylation sites (tertiary alicyclic amines) is 2. The van der Waals surface area contributed by atoms with Gasteiger partial charge in [-0.3, -0.25) is 29.0 Å². The van der Waals surface area contributed by atoms with Crippen LogP contribution in [0.15, 0.2) is 53.4 Å². The number of hydrogen-bond donors (Lipinski definition) is 1. The summed E-state index contributed by atoms with van der Waals surface area (Å²) in [4.78, 5) is 53.9. The summed E-state index contributed by atoms with van der Waals surface area (Å²) in [6, 6.07) is 10.7. The minimum atomic E-state index is -1.81. The molecule has 2 saturated heterocycles. The Kier molecular flexibility index (Phi) is 6.41. The lowest BCUT2D eigenvalue weighted by atomic mass is 9.56. The molecule has 204 valence electrons. The van der Waals surface area contributed by atoms with E-state index in [-0.39, 0.29) is 38.0 Å². The molecule has 2 aliphatic heterocycles. The first-order valence-electron chi connectivity index (χ1n) is 12.7. The van der Waals surface area contributed by atoms with Gasteiger partial charge >= 0.3 is 0 Å². The summed E-state index contributed by atoms with van der Waals surface area (Å²) in [6.45, 7) is 0.189. The maximum absolute atomic E-state index is 13.8. The van der Waals surface area contributed by atoms with E-state index < -0.39 is 45.2 Å². The number of alkyl halides is 2. The Morgan fingerprint density at radius 3 is 2.46 bits per heavy atom. The van der Waals surface area contributed by atoms with Crippen LogP contribution in [0.25, 0.3) is 0 Å². The third kappa shape index (κ3) is 3.66. The van der Waals surface area contributed by atoms with Gasteiger partial charge < -0.3 is 9.84 Å². The summed E-state index contributed by atoms with van der Waals surface area (Å²) in [6.07, 6.45) is 2.22. The van der Waals surface area contributed by atoms with E-state index in [4.69, 9.17) is 33.0 Å². The lowest BCUT2D eigenvalue weighted by Crippen LogP contribution is -2.60. The maximum atomic E-state index is 13.8. The minimum absolute atomic E-state index is 0.0278. The second-order valence-electron chi connectivity index (χ2n) is 10.5. The Hall–Kier alpha value is -2.72. The number of nitrogens with zero attached hydrogens (tertiary/aromatic N) is 2. The Bertz CT molecular complexity index is 1400. The Balaban J connectivity index is 1.44. The minimum Gasteiger partial charge on any atom is -0.491 e. The molecule has 0 unspecified atom stereocenters. The van der Waals surface area contributed by atoms with E-state index in [1.165, 1.54) is 23.3 Å². The van der Waals surface area contributed by atoms with Crippen molar-refractivity contribution in [3.63, 3.8) is 0 Å². The first-order valence-corrected chi connectivity index (χ1v) is 14.4. The van der Waals surface area contributed by atoms with E-state index in [9.17, 15) is 19.2 Å². The van der Waals surface area contributed by atoms with Gasteiger partial charge in [-0.1, -0.05) is 29.8 Å². The average molecular weight is 589 g/mol. The number of amides is 4. The molecule has 11 heteroatoms. The number of allylic oxidation sites excluding steroid dienone is 2. The number of carbonyl (C=O) groups excluding carboxylic acids is 4. The molecule has 2 aromatic rings. The number of halogens is 2. The lowest BCUT2D eigenvalue weighted by Gasteiger charge is -2.50. The summed E-state index contributed by atoms with van der Waals surface area (Å²) in [5.74, 6) is -3.80. The fourth-order valence-electron chi connectivity index (χ4n) is 6.82. The third-order valence-corrected chi connectivity index (χ3v) is 10.8. The van der Waals surface area contributed by atoms with Crippen LogP contribution in [0.3, 0.4) is 0 Å². The van der Waals surface area contributed by atoms with Gasteiger partial charge in [-0.25, -0.2) is 0 Å². The summed E-state index contributed by atoms with van der Waals surface area (Å²) in [7, 11) is 1.37. The van der Waals surface area contributed by atoms with Gasteiger partial charge in [0.1, 0.15) is 12.4 Å². The van der Waals surface area contributed by atoms with Gasteiger partial charge in [0.2, 0.25) is 11.8 Å². The van der Waals surface area contributed by atoms with Crippen molar-refractivity contribution in [2.24, 2.45) is 17.8 Å². The number of carbonyl (C=O) groups is 4. The number of hydrogen-bond acceptors (Lipinski definition) is 7. The highest BCUT2D eigenvalue weighted by molar-refractivity contribution is 7.09. The van der Waals surface area contributed by atoms with Crippen LogP contribution < -0.4 is 4.74 Å². The van der Waals surface area contributed by atoms with Crippen molar-refractivity contribution in [3.8, 4) is 5.75 Å². The molecule has 1 aromatic heterocycles. The molecule has 0 bridgehead atoms. The van der Waals surface area contributed by atoms with Crippen LogP contribution in [0.1, 0.15) is 29.2 Å². The molecule has 2 aliphatic carbocycles. The van der Waals surface area contributed by atoms with Crippen LogP contribution in [0.2, 0.25) is 0 Å². The molecular weight excluding hydrogens is 563 g/mol. The quantitative estimate of drug-likeness (QED) is 0.315. The summed E-state index contributed by atoms with van der Waals surface area (Å²) < 4.78 is 5.49. The van der Waals surface area contributed by atoms with Gasteiger partial charge in [0.15, 0.2) is 9.75 Å². The summed E-state index contributed by atoms with van der Waals surface area (Å²) >= 11 is 15.8. The first kappa shape index (κ1) is 26.5. The van der Waals surface area contributed by atoms with E-state index >= 15 is 0 Å². The number of aliphatic hydroxyl groups is 1. The van der Waals surface area contributed by atoms with E-state index in [1.54, 1.807) is 24.3 Å². The molecule has 1 saturated carbocycles. The van der Waals surface area contributed by atoms with Crippen LogP contribution >= 0.6 is 34.5 Å². The van der Waals surface area contributed by atoms with Crippen molar-refractivity contribution in [2.45, 2.75) is 35.1 Å². The van der Waals surface area contributed by atoms with Gasteiger partial charge in [-0.2, -0.15) is 0 Å². The predicted octanol–water partition coefficient (Wildman–Crippen LogP) is 3.31. The zero-order chi connectivity index (χ0) is 27.7. The molecule has 6 rings (SSSR count). The number of benzene rings is 1. The maximum Gasteiger partial charge on any atom is 0.253 e. The second-order valence-corrected chi connectivity index (χ2v) is 12.8. The van der Waals surface area contributed by atoms with Crippen LogP contribution in [-0.4, -0.2) is 68.5 Å². The molecule has 0 spiro atoms. The number of ether oxygens (including phenoxy) is 1. The first-order chi connectivity index (χ1) is 18.6. The molecule has 6 atom stereocenters. The van der Waals surface area contributed by atoms with E-state index in [0.29, 0.717) is 17.7 Å². The van der Waals surface area contributed by atoms with Crippen LogP contribution in [0, 0.1) is 17.8 Å².